The van der Waals surface area contributed by atoms with Gasteiger partial charge in [-0.3, -0.25) is 5.49 Å². The zero-order chi connectivity index (χ0) is 6.62. The van der Waals surface area contributed by atoms with Crippen molar-refractivity contribution in [3.63, 3.8) is 0 Å². The summed E-state index contributed by atoms with van der Waals surface area (Å²) in [6.45, 7) is 0. The monoisotopic (exact) mass is 219 g/mol. The molecule has 0 amide bonds. The fraction of sp³-hybridized carbons (Fsp3) is 0. The van der Waals surface area contributed by atoms with Crippen molar-refractivity contribution in [3.05, 3.63) is 0 Å². The average molecular weight is 221 g/mol. The van der Waals surface area contributed by atoms with E-state index in [-0.39, 0.29) is 19.5 Å². The molecule has 0 aromatic heterocycles. The van der Waals surface area contributed by atoms with Crippen molar-refractivity contribution in [2.24, 2.45) is 0 Å². The Morgan fingerprint density at radius 3 is 2.22 bits per heavy atom. The third-order valence-electron chi connectivity index (χ3n) is 0.185. The molecule has 0 spiro atoms. The molecule has 0 aliphatic heterocycles. The van der Waals surface area contributed by atoms with Crippen molar-refractivity contribution in [2.75, 3.05) is 0 Å². The molecule has 9 heavy (non-hydrogen) atoms. The predicted octanol–water partition coefficient (Wildman–Crippen LogP) is -1.20. The van der Waals surface area contributed by atoms with Gasteiger partial charge in [-0.05, 0) is 0 Å². The minimum atomic E-state index is -4.68. The van der Waals surface area contributed by atoms with Crippen LogP contribution < -0.4 is 5.48 Å². The second-order valence-electron chi connectivity index (χ2n) is 0.696. The standard InChI is InChI=1S/CH2NO4S2.Zn/c3-8(4,5)6-2-1-7;/h(H,2,7)(H,3,4,5);/q-1;+2/p-1. The van der Waals surface area contributed by atoms with Crippen molar-refractivity contribution in [3.8, 4) is 0 Å². The molecule has 0 aliphatic carbocycles. The van der Waals surface area contributed by atoms with E-state index >= 15 is 0 Å². The van der Waals surface area contributed by atoms with Crippen LogP contribution in [0.15, 0.2) is 0 Å². The fourth-order valence-corrected chi connectivity index (χ4v) is 0.306. The van der Waals surface area contributed by atoms with Gasteiger partial charge in [-0.15, -0.1) is 0 Å². The Hall–Kier alpha value is 0.383. The van der Waals surface area contributed by atoms with Crippen LogP contribution in [0.4, 0.5) is 0 Å². The predicted molar refractivity (Wildman–Crippen MR) is 26.5 cm³/mol. The Bertz CT molecular complexity index is 163. The maximum absolute atomic E-state index is 9.46. The summed E-state index contributed by atoms with van der Waals surface area (Å²) >= 11 is 3.93. The zero-order valence-electron chi connectivity index (χ0n) is 4.16. The van der Waals surface area contributed by atoms with E-state index in [0.717, 1.165) is 0 Å². The van der Waals surface area contributed by atoms with Crippen molar-refractivity contribution in [2.45, 2.75) is 0 Å². The average Bonchev–Trinajstić information content (AvgIpc) is 1.59. The summed E-state index contributed by atoms with van der Waals surface area (Å²) in [6.07, 6.45) is 0. The van der Waals surface area contributed by atoms with E-state index in [1.165, 1.54) is 5.48 Å². The van der Waals surface area contributed by atoms with Crippen LogP contribution in [-0.2, 0) is 34.2 Å². The molecule has 0 aromatic rings. The van der Waals surface area contributed by atoms with Gasteiger partial charge < -0.3 is 22.3 Å². The molecule has 0 bridgehead atoms. The number of rotatable bonds is 3. The molecule has 0 rings (SSSR count). The molecule has 1 N–H and O–H groups in total. The summed E-state index contributed by atoms with van der Waals surface area (Å²) in [6, 6.07) is 0. The zero-order valence-corrected chi connectivity index (χ0v) is 8.76. The first-order chi connectivity index (χ1) is 3.56. The van der Waals surface area contributed by atoms with Gasteiger partial charge in [0.25, 0.3) is 0 Å². The fourth-order valence-electron chi connectivity index (χ4n) is 0.0680. The summed E-state index contributed by atoms with van der Waals surface area (Å²) in [7, 11) is -4.68. The smallest absolute Gasteiger partial charge is 0.724 e. The maximum Gasteiger partial charge on any atom is 2.00 e. The van der Waals surface area contributed by atoms with Crippen molar-refractivity contribution in [1.82, 2.24) is 5.48 Å². The molecule has 0 aliphatic rings. The Labute approximate surface area is 70.4 Å². The number of hydroxylamine groups is 1. The van der Waals surface area contributed by atoms with E-state index in [1.807, 2.05) is 0 Å². The molecule has 0 saturated heterocycles. The maximum atomic E-state index is 9.46. The molecule has 0 aromatic carbocycles. The van der Waals surface area contributed by atoms with Crippen LogP contribution in [-0.4, -0.2) is 18.5 Å². The summed E-state index contributed by atoms with van der Waals surface area (Å²) < 4.78 is 31.7. The minimum absolute atomic E-state index is 0. The second-order valence-corrected chi connectivity index (χ2v) is 1.88. The molecule has 48 valence electrons. The molecule has 0 fully saturated rings. The van der Waals surface area contributed by atoms with Gasteiger partial charge in [0.05, 0.1) is 0 Å². The van der Waals surface area contributed by atoms with Crippen LogP contribution in [0.3, 0.4) is 0 Å². The van der Waals surface area contributed by atoms with Crippen LogP contribution in [0.5, 0.6) is 0 Å². The Kier molecular flexibility index (Phi) is 6.98. The van der Waals surface area contributed by atoms with Crippen molar-refractivity contribution in [1.29, 1.82) is 0 Å². The molecule has 8 heteroatoms. The summed E-state index contributed by atoms with van der Waals surface area (Å²) in [5.74, 6) is 0. The van der Waals surface area contributed by atoms with Gasteiger partial charge in [0.15, 0.2) is 0 Å². The molecular weight excluding hydrogens is 220 g/mol. The van der Waals surface area contributed by atoms with Crippen molar-refractivity contribution < 1.29 is 36.7 Å². The van der Waals surface area contributed by atoms with Gasteiger partial charge in [0.2, 0.25) is 10.4 Å². The Morgan fingerprint density at radius 1 is 1.67 bits per heavy atom. The molecule has 0 saturated carbocycles. The first-order valence-electron chi connectivity index (χ1n) is 1.32. The number of hydrogen-bond donors (Lipinski definition) is 1. The van der Waals surface area contributed by atoms with Gasteiger partial charge in [0.1, 0.15) is 0 Å². The van der Waals surface area contributed by atoms with E-state index in [0.29, 0.717) is 0 Å². The topological polar surface area (TPSA) is 78.5 Å². The minimum Gasteiger partial charge on any atom is -0.724 e. The quantitative estimate of drug-likeness (QED) is 0.122. The summed E-state index contributed by atoms with van der Waals surface area (Å²) in [5.41, 5.74) is 3.11. The van der Waals surface area contributed by atoms with E-state index in [9.17, 15) is 13.0 Å². The third kappa shape index (κ3) is 11.8. The normalized spacial score (nSPS) is 9.44. The number of hydrogen-bond acceptors (Lipinski definition) is 5. The summed E-state index contributed by atoms with van der Waals surface area (Å²) in [5, 5.41) is 0. The molecule has 0 radical (unpaired) electrons. The third-order valence-corrected chi connectivity index (χ3v) is 0.556. The molecule has 5 nitrogen and oxygen atoms in total. The van der Waals surface area contributed by atoms with E-state index < -0.39 is 10.4 Å². The Morgan fingerprint density at radius 2 is 2.11 bits per heavy atom. The molecular formula is CHNO4S2Zn. The van der Waals surface area contributed by atoms with Gasteiger partial charge in [0, 0.05) is 0 Å². The van der Waals surface area contributed by atoms with E-state index in [2.05, 4.69) is 16.5 Å². The number of thiocarbonyl (C=S) groups is 1. The van der Waals surface area contributed by atoms with E-state index in [4.69, 9.17) is 0 Å². The first-order valence-corrected chi connectivity index (χ1v) is 3.07. The van der Waals surface area contributed by atoms with Crippen LogP contribution >= 0.6 is 12.2 Å². The molecule has 0 heterocycles. The van der Waals surface area contributed by atoms with Gasteiger partial charge in [-0.25, -0.2) is 8.42 Å². The SMILES string of the molecule is O=S(=O)([O-])ON[C-]=S.[Zn+2]. The molecule has 0 atom stereocenters. The second kappa shape index (κ2) is 5.19. The van der Waals surface area contributed by atoms with Crippen LogP contribution in [0.1, 0.15) is 0 Å². The van der Waals surface area contributed by atoms with Crippen LogP contribution in [0.2, 0.25) is 0 Å². The number of nitrogens with one attached hydrogen (secondary N) is 1. The summed E-state index contributed by atoms with van der Waals surface area (Å²) in [4.78, 5) is 0. The van der Waals surface area contributed by atoms with E-state index in [1.54, 1.807) is 5.49 Å². The van der Waals surface area contributed by atoms with Crippen LogP contribution in [0.25, 0.3) is 0 Å². The van der Waals surface area contributed by atoms with Crippen molar-refractivity contribution >= 4 is 28.1 Å². The molecule has 0 unspecified atom stereocenters. The Balaban J connectivity index is 0. The van der Waals surface area contributed by atoms with Gasteiger partial charge in [-0.2, -0.15) is 4.28 Å². The van der Waals surface area contributed by atoms with Gasteiger partial charge >= 0.3 is 19.5 Å². The first kappa shape index (κ1) is 12.1. The largest absolute Gasteiger partial charge is 2.00 e. The van der Waals surface area contributed by atoms with Gasteiger partial charge in [-0.1, -0.05) is 0 Å². The van der Waals surface area contributed by atoms with Crippen LogP contribution in [0, 0.1) is 0 Å².